The molecule has 1 rings (SSSR count). The Morgan fingerprint density at radius 3 is 2.42 bits per heavy atom. The largest absolute Gasteiger partial charge is 0.368 e. The normalized spacial score (nSPS) is 12.8. The summed E-state index contributed by atoms with van der Waals surface area (Å²) >= 11 is 0. The first-order valence-corrected chi connectivity index (χ1v) is 7.60. The standard InChI is InChI=1S/C17H22N4O3/c1-10(2)15(20-11(3)22)17(24)21-14(16(19)23)8-12-5-4-6-13(7-12)9-18/h4-7,10,14-15H,8H2,1-3H3,(H2,19,23)(H,20,22)(H,21,24)/t14-,15+/m0/s1. The molecule has 1 aromatic carbocycles. The van der Waals surface area contributed by atoms with E-state index in [1.54, 1.807) is 38.1 Å². The van der Waals surface area contributed by atoms with Gasteiger partial charge in [0.05, 0.1) is 11.6 Å². The van der Waals surface area contributed by atoms with E-state index in [-0.39, 0.29) is 18.2 Å². The highest BCUT2D eigenvalue weighted by Gasteiger charge is 2.27. The number of nitrogens with two attached hydrogens (primary N) is 1. The number of primary amides is 1. The van der Waals surface area contributed by atoms with Crippen molar-refractivity contribution in [2.24, 2.45) is 11.7 Å². The lowest BCUT2D eigenvalue weighted by Gasteiger charge is -2.24. The number of nitriles is 1. The van der Waals surface area contributed by atoms with Gasteiger partial charge in [-0.3, -0.25) is 14.4 Å². The van der Waals surface area contributed by atoms with E-state index in [1.165, 1.54) is 6.92 Å². The smallest absolute Gasteiger partial charge is 0.243 e. The van der Waals surface area contributed by atoms with Crippen LogP contribution in [0.5, 0.6) is 0 Å². The summed E-state index contributed by atoms with van der Waals surface area (Å²) in [6, 6.07) is 7.05. The predicted molar refractivity (Wildman–Crippen MR) is 88.4 cm³/mol. The molecule has 0 aliphatic carbocycles. The molecule has 0 saturated carbocycles. The summed E-state index contributed by atoms with van der Waals surface area (Å²) in [5.74, 6) is -1.64. The highest BCUT2D eigenvalue weighted by atomic mass is 16.2. The van der Waals surface area contributed by atoms with Gasteiger partial charge in [0.15, 0.2) is 0 Å². The monoisotopic (exact) mass is 330 g/mol. The molecule has 0 heterocycles. The van der Waals surface area contributed by atoms with E-state index in [4.69, 9.17) is 11.0 Å². The number of rotatable bonds is 7. The lowest BCUT2D eigenvalue weighted by atomic mass is 10.0. The fraction of sp³-hybridized carbons (Fsp3) is 0.412. The summed E-state index contributed by atoms with van der Waals surface area (Å²) in [6.45, 7) is 4.90. The van der Waals surface area contributed by atoms with Gasteiger partial charge in [-0.05, 0) is 23.6 Å². The van der Waals surface area contributed by atoms with Gasteiger partial charge in [-0.15, -0.1) is 0 Å². The van der Waals surface area contributed by atoms with Crippen molar-refractivity contribution >= 4 is 17.7 Å². The summed E-state index contributed by atoms with van der Waals surface area (Å²) in [5.41, 5.74) is 6.54. The molecule has 0 bridgehead atoms. The highest BCUT2D eigenvalue weighted by molar-refractivity contribution is 5.91. The van der Waals surface area contributed by atoms with Crippen LogP contribution < -0.4 is 16.4 Å². The molecule has 24 heavy (non-hydrogen) atoms. The van der Waals surface area contributed by atoms with Crippen molar-refractivity contribution in [3.63, 3.8) is 0 Å². The van der Waals surface area contributed by atoms with Gasteiger partial charge >= 0.3 is 0 Å². The van der Waals surface area contributed by atoms with E-state index >= 15 is 0 Å². The first-order chi connectivity index (χ1) is 11.2. The van der Waals surface area contributed by atoms with Crippen LogP contribution in [0.15, 0.2) is 24.3 Å². The third-order valence-corrected chi connectivity index (χ3v) is 3.46. The number of hydrogen-bond acceptors (Lipinski definition) is 4. The molecule has 7 nitrogen and oxygen atoms in total. The Balaban J connectivity index is 2.88. The fourth-order valence-corrected chi connectivity index (χ4v) is 2.24. The van der Waals surface area contributed by atoms with Gasteiger partial charge in [0.25, 0.3) is 0 Å². The zero-order chi connectivity index (χ0) is 18.3. The van der Waals surface area contributed by atoms with Gasteiger partial charge in [-0.25, -0.2) is 0 Å². The Morgan fingerprint density at radius 2 is 1.92 bits per heavy atom. The molecule has 4 N–H and O–H groups in total. The average molecular weight is 330 g/mol. The number of nitrogens with zero attached hydrogens (tertiary/aromatic N) is 1. The Bertz CT molecular complexity index is 664. The number of nitrogens with one attached hydrogen (secondary N) is 2. The summed E-state index contributed by atoms with van der Waals surface area (Å²) in [6.07, 6.45) is 0.168. The number of carbonyl (C=O) groups excluding carboxylic acids is 3. The molecule has 0 unspecified atom stereocenters. The molecule has 0 aromatic heterocycles. The summed E-state index contributed by atoms with van der Waals surface area (Å²) in [7, 11) is 0. The maximum atomic E-state index is 12.4. The number of hydrogen-bond donors (Lipinski definition) is 3. The van der Waals surface area contributed by atoms with Gasteiger partial charge in [0, 0.05) is 13.3 Å². The molecule has 2 atom stereocenters. The minimum Gasteiger partial charge on any atom is -0.368 e. The third-order valence-electron chi connectivity index (χ3n) is 3.46. The molecule has 1 aromatic rings. The maximum absolute atomic E-state index is 12.4. The van der Waals surface area contributed by atoms with Gasteiger partial charge in [-0.1, -0.05) is 26.0 Å². The molecular weight excluding hydrogens is 308 g/mol. The zero-order valence-electron chi connectivity index (χ0n) is 14.0. The molecule has 7 heteroatoms. The first kappa shape index (κ1) is 19.2. The van der Waals surface area contributed by atoms with E-state index < -0.39 is 23.9 Å². The minimum atomic E-state index is -0.929. The fourth-order valence-electron chi connectivity index (χ4n) is 2.24. The van der Waals surface area contributed by atoms with Crippen LogP contribution in [0.4, 0.5) is 0 Å². The molecule has 0 spiro atoms. The minimum absolute atomic E-state index is 0.149. The molecule has 0 aliphatic rings. The molecule has 0 aliphatic heterocycles. The van der Waals surface area contributed by atoms with Crippen LogP contribution >= 0.6 is 0 Å². The van der Waals surface area contributed by atoms with Crippen molar-refractivity contribution in [3.05, 3.63) is 35.4 Å². The molecular formula is C17H22N4O3. The molecule has 128 valence electrons. The molecule has 0 saturated heterocycles. The predicted octanol–water partition coefficient (Wildman–Crippen LogP) is 0.232. The van der Waals surface area contributed by atoms with Gasteiger partial charge in [-0.2, -0.15) is 5.26 Å². The lowest BCUT2D eigenvalue weighted by Crippen LogP contribution is -2.55. The Morgan fingerprint density at radius 1 is 1.25 bits per heavy atom. The van der Waals surface area contributed by atoms with E-state index in [9.17, 15) is 14.4 Å². The maximum Gasteiger partial charge on any atom is 0.243 e. The molecule has 0 fully saturated rings. The van der Waals surface area contributed by atoms with Crippen LogP contribution in [0.2, 0.25) is 0 Å². The summed E-state index contributed by atoms with van der Waals surface area (Å²) in [4.78, 5) is 35.3. The van der Waals surface area contributed by atoms with Crippen LogP contribution in [-0.2, 0) is 20.8 Å². The zero-order valence-corrected chi connectivity index (χ0v) is 14.0. The second-order valence-corrected chi connectivity index (χ2v) is 5.90. The van der Waals surface area contributed by atoms with E-state index in [1.807, 2.05) is 6.07 Å². The Kier molecular flexibility index (Phi) is 6.93. The lowest BCUT2D eigenvalue weighted by molar-refractivity contribution is -0.131. The van der Waals surface area contributed by atoms with E-state index in [0.717, 1.165) is 0 Å². The topological polar surface area (TPSA) is 125 Å². The average Bonchev–Trinajstić information content (AvgIpc) is 2.51. The van der Waals surface area contributed by atoms with Crippen LogP contribution in [-0.4, -0.2) is 29.8 Å². The van der Waals surface area contributed by atoms with E-state index in [0.29, 0.717) is 11.1 Å². The van der Waals surface area contributed by atoms with Crippen molar-refractivity contribution < 1.29 is 14.4 Å². The van der Waals surface area contributed by atoms with Gasteiger partial charge in [0.2, 0.25) is 17.7 Å². The second kappa shape index (κ2) is 8.67. The van der Waals surface area contributed by atoms with Crippen molar-refractivity contribution in [1.82, 2.24) is 10.6 Å². The van der Waals surface area contributed by atoms with Gasteiger partial charge < -0.3 is 16.4 Å². The summed E-state index contributed by atoms with van der Waals surface area (Å²) < 4.78 is 0. The number of carbonyl (C=O) groups is 3. The van der Waals surface area contributed by atoms with Crippen molar-refractivity contribution in [2.75, 3.05) is 0 Å². The van der Waals surface area contributed by atoms with Crippen LogP contribution in [0.1, 0.15) is 31.9 Å². The van der Waals surface area contributed by atoms with Crippen LogP contribution in [0.3, 0.4) is 0 Å². The Hall–Kier alpha value is -2.88. The van der Waals surface area contributed by atoms with Crippen LogP contribution in [0.25, 0.3) is 0 Å². The van der Waals surface area contributed by atoms with Crippen molar-refractivity contribution in [3.8, 4) is 6.07 Å². The Labute approximate surface area is 141 Å². The number of benzene rings is 1. The molecule has 0 radical (unpaired) electrons. The van der Waals surface area contributed by atoms with E-state index in [2.05, 4.69) is 10.6 Å². The highest BCUT2D eigenvalue weighted by Crippen LogP contribution is 2.08. The first-order valence-electron chi connectivity index (χ1n) is 7.60. The third kappa shape index (κ3) is 5.72. The summed E-state index contributed by atoms with van der Waals surface area (Å²) in [5, 5.41) is 14.1. The quantitative estimate of drug-likeness (QED) is 0.661. The molecule has 3 amide bonds. The van der Waals surface area contributed by atoms with Crippen molar-refractivity contribution in [2.45, 2.75) is 39.3 Å². The van der Waals surface area contributed by atoms with Gasteiger partial charge in [0.1, 0.15) is 12.1 Å². The van der Waals surface area contributed by atoms with Crippen molar-refractivity contribution in [1.29, 1.82) is 5.26 Å². The number of amides is 3. The van der Waals surface area contributed by atoms with Crippen LogP contribution in [0, 0.1) is 17.2 Å². The second-order valence-electron chi connectivity index (χ2n) is 5.90. The SMILES string of the molecule is CC(=O)N[C@@H](C(=O)N[C@@H](Cc1cccc(C#N)c1)C(N)=O)C(C)C.